The Morgan fingerprint density at radius 2 is 1.80 bits per heavy atom. The van der Waals surface area contributed by atoms with Crippen molar-refractivity contribution in [2.75, 3.05) is 0 Å². The van der Waals surface area contributed by atoms with Crippen LogP contribution >= 0.6 is 11.8 Å². The lowest BCUT2D eigenvalue weighted by atomic mass is 10.1. The van der Waals surface area contributed by atoms with E-state index in [0.29, 0.717) is 5.89 Å². The summed E-state index contributed by atoms with van der Waals surface area (Å²) in [6, 6.07) is 7.16. The Morgan fingerprint density at radius 1 is 1.16 bits per heavy atom. The average Bonchev–Trinajstić information content (AvgIpc) is 2.94. The lowest BCUT2D eigenvalue weighted by molar-refractivity contribution is -0.119. The number of hydrogen-bond acceptors (Lipinski definition) is 6. The summed E-state index contributed by atoms with van der Waals surface area (Å²) in [6.45, 7) is 9.16. The molecule has 0 aliphatic heterocycles. The number of amides is 3. The molecule has 1 unspecified atom stereocenters. The van der Waals surface area contributed by atoms with Gasteiger partial charge in [-0.15, -0.1) is 10.2 Å². The number of benzene rings is 1. The number of imide groups is 1. The molecule has 2 aromatic rings. The number of aromatic nitrogens is 2. The molecule has 0 saturated heterocycles. The smallest absolute Gasteiger partial charge is 0.321 e. The second kappa shape index (κ2) is 7.69. The predicted octanol–water partition coefficient (Wildman–Crippen LogP) is 3.15. The van der Waals surface area contributed by atoms with Gasteiger partial charge in [-0.3, -0.25) is 10.1 Å². The molecule has 25 heavy (non-hydrogen) atoms. The van der Waals surface area contributed by atoms with Crippen LogP contribution in [-0.4, -0.2) is 32.9 Å². The van der Waals surface area contributed by atoms with Crippen molar-refractivity contribution in [2.24, 2.45) is 0 Å². The molecule has 0 aliphatic rings. The van der Waals surface area contributed by atoms with Gasteiger partial charge in [-0.05, 0) is 46.8 Å². The minimum Gasteiger partial charge on any atom is -0.411 e. The summed E-state index contributed by atoms with van der Waals surface area (Å²) in [4.78, 5) is 23.8. The highest BCUT2D eigenvalue weighted by Gasteiger charge is 2.22. The van der Waals surface area contributed by atoms with E-state index in [-0.39, 0.29) is 5.22 Å². The van der Waals surface area contributed by atoms with Crippen molar-refractivity contribution in [2.45, 2.75) is 50.6 Å². The Hall–Kier alpha value is -2.35. The fraction of sp³-hybridized carbons (Fsp3) is 0.412. The molecule has 0 radical (unpaired) electrons. The third-order valence-electron chi connectivity index (χ3n) is 3.08. The second-order valence-electron chi connectivity index (χ2n) is 6.69. The monoisotopic (exact) mass is 362 g/mol. The number of nitrogens with one attached hydrogen (secondary N) is 2. The third-order valence-corrected chi connectivity index (χ3v) is 4.01. The molecule has 1 aromatic heterocycles. The maximum atomic E-state index is 12.1. The molecule has 1 atom stereocenters. The zero-order valence-electron chi connectivity index (χ0n) is 14.9. The average molecular weight is 362 g/mol. The Morgan fingerprint density at radius 3 is 2.40 bits per heavy atom. The van der Waals surface area contributed by atoms with Crippen molar-refractivity contribution in [1.29, 1.82) is 0 Å². The number of hydrogen-bond donors (Lipinski definition) is 2. The molecule has 0 saturated carbocycles. The topological polar surface area (TPSA) is 97.1 Å². The van der Waals surface area contributed by atoms with Crippen LogP contribution in [0.3, 0.4) is 0 Å². The number of nitrogens with zero attached hydrogens (tertiary/aromatic N) is 2. The van der Waals surface area contributed by atoms with Gasteiger partial charge in [-0.1, -0.05) is 29.5 Å². The molecule has 3 amide bonds. The standard InChI is InChI=1S/C17H22N4O3S/c1-10-6-8-12(9-7-10)14-20-21-16(24-14)25-11(2)13(22)18-15(23)19-17(3,4)5/h6-9,11H,1-5H3,(H2,18,19,22,23). The van der Waals surface area contributed by atoms with Gasteiger partial charge in [0, 0.05) is 11.1 Å². The Labute approximate surface area is 151 Å². The fourth-order valence-electron chi connectivity index (χ4n) is 1.86. The number of urea groups is 1. The summed E-state index contributed by atoms with van der Waals surface area (Å²) in [7, 11) is 0. The fourth-order valence-corrected chi connectivity index (χ4v) is 2.54. The molecule has 0 fully saturated rings. The summed E-state index contributed by atoms with van der Waals surface area (Å²) in [5.41, 5.74) is 1.53. The van der Waals surface area contributed by atoms with Crippen LogP contribution in [0.2, 0.25) is 0 Å². The highest BCUT2D eigenvalue weighted by atomic mass is 32.2. The maximum Gasteiger partial charge on any atom is 0.321 e. The summed E-state index contributed by atoms with van der Waals surface area (Å²) in [5.74, 6) is -0.0394. The van der Waals surface area contributed by atoms with Crippen LogP contribution < -0.4 is 10.6 Å². The van der Waals surface area contributed by atoms with Crippen molar-refractivity contribution in [3.63, 3.8) is 0 Å². The molecule has 0 aliphatic carbocycles. The zero-order chi connectivity index (χ0) is 18.6. The minimum absolute atomic E-state index is 0.273. The number of aryl methyl sites for hydroxylation is 1. The van der Waals surface area contributed by atoms with E-state index in [9.17, 15) is 9.59 Å². The molecule has 7 nitrogen and oxygen atoms in total. The SMILES string of the molecule is Cc1ccc(-c2nnc(SC(C)C(=O)NC(=O)NC(C)(C)C)o2)cc1. The van der Waals surface area contributed by atoms with Crippen LogP contribution in [0.15, 0.2) is 33.9 Å². The van der Waals surface area contributed by atoms with Crippen LogP contribution in [0.4, 0.5) is 4.79 Å². The van der Waals surface area contributed by atoms with Crippen molar-refractivity contribution in [3.05, 3.63) is 29.8 Å². The van der Waals surface area contributed by atoms with Gasteiger partial charge in [0.2, 0.25) is 11.8 Å². The molecule has 134 valence electrons. The summed E-state index contributed by atoms with van der Waals surface area (Å²) < 4.78 is 5.58. The van der Waals surface area contributed by atoms with Gasteiger partial charge < -0.3 is 9.73 Å². The molecule has 2 N–H and O–H groups in total. The van der Waals surface area contributed by atoms with Gasteiger partial charge in [0.15, 0.2) is 0 Å². The van der Waals surface area contributed by atoms with Gasteiger partial charge in [0.05, 0.1) is 5.25 Å². The lowest BCUT2D eigenvalue weighted by Crippen LogP contribution is -2.49. The highest BCUT2D eigenvalue weighted by Crippen LogP contribution is 2.26. The Kier molecular flexibility index (Phi) is 5.84. The van der Waals surface area contributed by atoms with Gasteiger partial charge in [0.1, 0.15) is 0 Å². The molecule has 2 rings (SSSR count). The van der Waals surface area contributed by atoms with E-state index in [2.05, 4.69) is 20.8 Å². The first kappa shape index (κ1) is 19.0. The zero-order valence-corrected chi connectivity index (χ0v) is 15.7. The normalized spacial score (nSPS) is 12.5. The number of carbonyl (C=O) groups is 2. The highest BCUT2D eigenvalue weighted by molar-refractivity contribution is 8.00. The first-order valence-corrected chi connectivity index (χ1v) is 8.72. The molecule has 0 spiro atoms. The lowest BCUT2D eigenvalue weighted by Gasteiger charge is -2.20. The maximum absolute atomic E-state index is 12.1. The van der Waals surface area contributed by atoms with Crippen molar-refractivity contribution in [1.82, 2.24) is 20.8 Å². The molecular formula is C17H22N4O3S. The van der Waals surface area contributed by atoms with Gasteiger partial charge in [-0.25, -0.2) is 4.79 Å². The van der Waals surface area contributed by atoms with E-state index in [1.807, 2.05) is 52.0 Å². The minimum atomic E-state index is -0.558. The first-order valence-electron chi connectivity index (χ1n) is 7.84. The van der Waals surface area contributed by atoms with Gasteiger partial charge in [-0.2, -0.15) is 0 Å². The van der Waals surface area contributed by atoms with E-state index in [4.69, 9.17) is 4.42 Å². The van der Waals surface area contributed by atoms with E-state index >= 15 is 0 Å². The molecule has 0 bridgehead atoms. The van der Waals surface area contributed by atoms with Crippen LogP contribution in [0.5, 0.6) is 0 Å². The van der Waals surface area contributed by atoms with Crippen molar-refractivity contribution in [3.8, 4) is 11.5 Å². The quantitative estimate of drug-likeness (QED) is 0.811. The van der Waals surface area contributed by atoms with E-state index in [1.54, 1.807) is 6.92 Å². The van der Waals surface area contributed by atoms with Crippen LogP contribution in [0.25, 0.3) is 11.5 Å². The summed E-state index contributed by atoms with van der Waals surface area (Å²) in [6.07, 6.45) is 0. The van der Waals surface area contributed by atoms with Crippen LogP contribution in [0.1, 0.15) is 33.3 Å². The molecule has 1 aromatic carbocycles. The number of thioether (sulfide) groups is 1. The molecule has 8 heteroatoms. The van der Waals surface area contributed by atoms with Crippen LogP contribution in [0, 0.1) is 6.92 Å². The molecule has 1 heterocycles. The van der Waals surface area contributed by atoms with Crippen molar-refractivity contribution < 1.29 is 14.0 Å². The predicted molar refractivity (Wildman–Crippen MR) is 96.2 cm³/mol. The summed E-state index contributed by atoms with van der Waals surface area (Å²) in [5, 5.41) is 12.6. The number of carbonyl (C=O) groups excluding carboxylic acids is 2. The van der Waals surface area contributed by atoms with E-state index in [0.717, 1.165) is 22.9 Å². The largest absolute Gasteiger partial charge is 0.411 e. The van der Waals surface area contributed by atoms with Crippen LogP contribution in [-0.2, 0) is 4.79 Å². The van der Waals surface area contributed by atoms with E-state index < -0.39 is 22.7 Å². The van der Waals surface area contributed by atoms with Gasteiger partial charge >= 0.3 is 6.03 Å². The first-order chi connectivity index (χ1) is 11.6. The second-order valence-corrected chi connectivity index (χ2v) is 7.98. The summed E-state index contributed by atoms with van der Waals surface area (Å²) >= 11 is 1.10. The van der Waals surface area contributed by atoms with E-state index in [1.165, 1.54) is 0 Å². The number of rotatable bonds is 4. The Bertz CT molecular complexity index is 750. The van der Waals surface area contributed by atoms with Gasteiger partial charge in [0.25, 0.3) is 5.22 Å². The van der Waals surface area contributed by atoms with Crippen molar-refractivity contribution >= 4 is 23.7 Å². The third kappa shape index (κ3) is 5.90. The Balaban J connectivity index is 1.94. The molecular weight excluding hydrogens is 340 g/mol.